The number of nitrogens with zero attached hydrogens (tertiary/aromatic N) is 6. The molecule has 3 aromatic heterocycles. The molecule has 1 unspecified atom stereocenters. The summed E-state index contributed by atoms with van der Waals surface area (Å²) in [5, 5.41) is 18.5. The highest BCUT2D eigenvalue weighted by atomic mass is 32.1. The van der Waals surface area contributed by atoms with Gasteiger partial charge < -0.3 is 9.80 Å². The van der Waals surface area contributed by atoms with E-state index in [0.29, 0.717) is 41.6 Å². The molecule has 154 valence electrons. The minimum absolute atomic E-state index is 0.00804. The summed E-state index contributed by atoms with van der Waals surface area (Å²) in [5.41, 5.74) is 0.552. The van der Waals surface area contributed by atoms with Crippen molar-refractivity contribution in [1.82, 2.24) is 24.6 Å². The molecule has 30 heavy (non-hydrogen) atoms. The van der Waals surface area contributed by atoms with E-state index in [-0.39, 0.29) is 5.91 Å². The van der Waals surface area contributed by atoms with Crippen molar-refractivity contribution >= 4 is 35.3 Å². The lowest BCUT2D eigenvalue weighted by Crippen LogP contribution is -2.39. The van der Waals surface area contributed by atoms with Gasteiger partial charge in [0.2, 0.25) is 5.91 Å². The van der Waals surface area contributed by atoms with Gasteiger partial charge in [0.25, 0.3) is 0 Å². The summed E-state index contributed by atoms with van der Waals surface area (Å²) in [4.78, 5) is 22.6. The lowest BCUT2D eigenvalue weighted by molar-refractivity contribution is -0.134. The predicted molar refractivity (Wildman–Crippen MR) is 118 cm³/mol. The van der Waals surface area contributed by atoms with Crippen LogP contribution in [0.3, 0.4) is 0 Å². The molecule has 1 fully saturated rings. The number of aromatic nitrogens is 4. The molecule has 0 saturated carbocycles. The van der Waals surface area contributed by atoms with Gasteiger partial charge in [0.1, 0.15) is 17.9 Å². The van der Waals surface area contributed by atoms with Crippen molar-refractivity contribution in [2.75, 3.05) is 31.1 Å². The minimum Gasteiger partial charge on any atom is -0.354 e. The van der Waals surface area contributed by atoms with Crippen molar-refractivity contribution in [3.8, 4) is 16.8 Å². The van der Waals surface area contributed by atoms with Gasteiger partial charge in [-0.15, -0.1) is 11.3 Å². The molecule has 4 heterocycles. The number of nitrogens with one attached hydrogen (secondary N) is 1. The fourth-order valence-corrected chi connectivity index (χ4v) is 4.70. The molecule has 1 aliphatic rings. The summed E-state index contributed by atoms with van der Waals surface area (Å²) in [5.74, 6) is 1.37. The number of aromatic amines is 1. The molecule has 8 nitrogen and oxygen atoms in total. The lowest BCUT2D eigenvalue weighted by atomic mass is 10.2. The van der Waals surface area contributed by atoms with Gasteiger partial charge in [0.15, 0.2) is 10.6 Å². The van der Waals surface area contributed by atoms with Crippen LogP contribution in [0.4, 0.5) is 5.82 Å². The van der Waals surface area contributed by atoms with Crippen LogP contribution in [-0.2, 0) is 4.79 Å². The Bertz CT molecular complexity index is 1130. The second-order valence-electron chi connectivity index (χ2n) is 7.03. The predicted octanol–water partition coefficient (Wildman–Crippen LogP) is 3.24. The van der Waals surface area contributed by atoms with Crippen LogP contribution in [0, 0.1) is 16.1 Å². The van der Waals surface area contributed by atoms with Gasteiger partial charge >= 0.3 is 0 Å². The molecule has 1 amide bonds. The number of amides is 1. The first-order chi connectivity index (χ1) is 14.6. The van der Waals surface area contributed by atoms with Gasteiger partial charge in [0, 0.05) is 32.4 Å². The number of hydrogen-bond donors (Lipinski definition) is 1. The Kier molecular flexibility index (Phi) is 5.92. The Morgan fingerprint density at radius 3 is 2.93 bits per heavy atom. The van der Waals surface area contributed by atoms with E-state index in [9.17, 15) is 10.1 Å². The molecule has 1 saturated heterocycles. The number of nitriles is 1. The van der Waals surface area contributed by atoms with Gasteiger partial charge in [0.05, 0.1) is 10.4 Å². The molecule has 0 spiro atoms. The minimum atomic E-state index is -0.468. The number of H-pyrrole nitrogens is 1. The molecule has 0 radical (unpaired) electrons. The third-order valence-corrected chi connectivity index (χ3v) is 6.36. The number of carbonyl (C=O) groups is 1. The molecule has 0 aliphatic carbocycles. The quantitative estimate of drug-likeness (QED) is 0.627. The van der Waals surface area contributed by atoms with Crippen molar-refractivity contribution in [3.63, 3.8) is 0 Å². The number of hydrogen-bond acceptors (Lipinski definition) is 7. The third kappa shape index (κ3) is 3.86. The maximum Gasteiger partial charge on any atom is 0.245 e. The summed E-state index contributed by atoms with van der Waals surface area (Å²) in [6.45, 7) is 4.44. The SMILES string of the molecule is CC(C(=O)N1CCCN(c2ncccc2C#N)CC1)n1c(-c2cccs2)n[nH]c1=S. The first-order valence-corrected chi connectivity index (χ1v) is 11.0. The highest BCUT2D eigenvalue weighted by molar-refractivity contribution is 7.71. The van der Waals surface area contributed by atoms with Gasteiger partial charge in [-0.2, -0.15) is 10.4 Å². The van der Waals surface area contributed by atoms with Crippen LogP contribution in [0.2, 0.25) is 0 Å². The van der Waals surface area contributed by atoms with Gasteiger partial charge in [-0.3, -0.25) is 14.5 Å². The molecule has 1 N–H and O–H groups in total. The zero-order valence-corrected chi connectivity index (χ0v) is 18.1. The van der Waals surface area contributed by atoms with E-state index in [2.05, 4.69) is 26.2 Å². The summed E-state index contributed by atoms with van der Waals surface area (Å²) in [6, 6.07) is 9.18. The van der Waals surface area contributed by atoms with Crippen LogP contribution in [0.25, 0.3) is 10.7 Å². The second kappa shape index (κ2) is 8.77. The average Bonchev–Trinajstić information content (AvgIpc) is 3.36. The molecular weight excluding hydrogens is 418 g/mol. The largest absolute Gasteiger partial charge is 0.354 e. The maximum absolute atomic E-state index is 13.3. The van der Waals surface area contributed by atoms with Crippen molar-refractivity contribution in [2.24, 2.45) is 0 Å². The molecule has 3 aromatic rings. The van der Waals surface area contributed by atoms with Gasteiger partial charge in [-0.25, -0.2) is 4.98 Å². The van der Waals surface area contributed by atoms with Crippen LogP contribution >= 0.6 is 23.6 Å². The van der Waals surface area contributed by atoms with E-state index in [0.717, 1.165) is 17.8 Å². The number of carbonyl (C=O) groups excluding carboxylic acids is 1. The Morgan fingerprint density at radius 1 is 1.30 bits per heavy atom. The Balaban J connectivity index is 1.52. The fraction of sp³-hybridized carbons (Fsp3) is 0.350. The average molecular weight is 440 g/mol. The zero-order chi connectivity index (χ0) is 21.1. The third-order valence-electron chi connectivity index (χ3n) is 5.20. The monoisotopic (exact) mass is 439 g/mol. The van der Waals surface area contributed by atoms with E-state index in [1.54, 1.807) is 34.2 Å². The first-order valence-electron chi connectivity index (χ1n) is 9.69. The van der Waals surface area contributed by atoms with Crippen molar-refractivity contribution < 1.29 is 4.79 Å². The smallest absolute Gasteiger partial charge is 0.245 e. The summed E-state index contributed by atoms with van der Waals surface area (Å²) >= 11 is 6.97. The molecule has 1 aliphatic heterocycles. The summed E-state index contributed by atoms with van der Waals surface area (Å²) < 4.78 is 2.22. The van der Waals surface area contributed by atoms with E-state index in [1.165, 1.54) is 0 Å². The van der Waals surface area contributed by atoms with E-state index in [4.69, 9.17) is 12.2 Å². The van der Waals surface area contributed by atoms with E-state index < -0.39 is 6.04 Å². The molecular formula is C20H21N7OS2. The number of pyridine rings is 1. The Hall–Kier alpha value is -3.03. The van der Waals surface area contributed by atoms with E-state index in [1.807, 2.05) is 29.3 Å². The van der Waals surface area contributed by atoms with Crippen LogP contribution in [0.1, 0.15) is 24.9 Å². The summed E-state index contributed by atoms with van der Waals surface area (Å²) in [7, 11) is 0. The molecule has 4 rings (SSSR count). The van der Waals surface area contributed by atoms with Gasteiger partial charge in [-0.05, 0) is 49.1 Å². The topological polar surface area (TPSA) is 93.8 Å². The number of anilines is 1. The van der Waals surface area contributed by atoms with Crippen LogP contribution < -0.4 is 4.90 Å². The van der Waals surface area contributed by atoms with Crippen molar-refractivity contribution in [1.29, 1.82) is 5.26 Å². The van der Waals surface area contributed by atoms with Gasteiger partial charge in [-0.1, -0.05) is 6.07 Å². The van der Waals surface area contributed by atoms with Crippen LogP contribution in [0.5, 0.6) is 0 Å². The summed E-state index contributed by atoms with van der Waals surface area (Å²) in [6.07, 6.45) is 2.49. The van der Waals surface area contributed by atoms with Crippen molar-refractivity contribution in [3.05, 3.63) is 46.2 Å². The van der Waals surface area contributed by atoms with Crippen LogP contribution in [-0.4, -0.2) is 56.7 Å². The standard InChI is InChI=1S/C20H21N7OS2/c1-14(27-18(23-24-20(27)29)16-6-3-12-30-16)19(28)26-9-4-8-25(10-11-26)17-15(13-21)5-2-7-22-17/h2-3,5-7,12,14H,4,8-11H2,1H3,(H,24,29). The second-order valence-corrected chi connectivity index (χ2v) is 8.36. The highest BCUT2D eigenvalue weighted by Gasteiger charge is 2.28. The van der Waals surface area contributed by atoms with Crippen LogP contribution in [0.15, 0.2) is 35.8 Å². The number of thiophene rings is 1. The zero-order valence-electron chi connectivity index (χ0n) is 16.5. The molecule has 0 aromatic carbocycles. The Morgan fingerprint density at radius 2 is 2.17 bits per heavy atom. The maximum atomic E-state index is 13.3. The highest BCUT2D eigenvalue weighted by Crippen LogP contribution is 2.27. The Labute approximate surface area is 183 Å². The molecule has 1 atom stereocenters. The fourth-order valence-electron chi connectivity index (χ4n) is 3.70. The molecule has 0 bridgehead atoms. The first kappa shape index (κ1) is 20.3. The lowest BCUT2D eigenvalue weighted by Gasteiger charge is -2.26. The number of rotatable bonds is 4. The van der Waals surface area contributed by atoms with Crippen molar-refractivity contribution in [2.45, 2.75) is 19.4 Å². The normalized spacial score (nSPS) is 15.5. The van der Waals surface area contributed by atoms with E-state index >= 15 is 0 Å². The molecule has 10 heteroatoms.